The van der Waals surface area contributed by atoms with Crippen LogP contribution in [-0.2, 0) is 14.8 Å². The SMILES string of the molecule is COc1ccc(C(=O)NNC(=O)CNc2ccc(C)cc2C)cc1S(=O)(=O)N1CCCCC1C. The summed E-state index contributed by atoms with van der Waals surface area (Å²) in [4.78, 5) is 24.8. The summed E-state index contributed by atoms with van der Waals surface area (Å²) in [5.74, 6) is -0.918. The molecule has 1 aliphatic heterocycles. The third-order valence-electron chi connectivity index (χ3n) is 5.89. The van der Waals surface area contributed by atoms with E-state index in [0.29, 0.717) is 6.54 Å². The average molecular weight is 489 g/mol. The molecule has 184 valence electrons. The number of nitrogens with zero attached hydrogens (tertiary/aromatic N) is 1. The molecule has 1 unspecified atom stereocenters. The number of rotatable bonds is 7. The number of hydrogen-bond acceptors (Lipinski definition) is 6. The van der Waals surface area contributed by atoms with Crippen LogP contribution in [0.1, 0.15) is 47.7 Å². The number of hydrazine groups is 1. The van der Waals surface area contributed by atoms with Crippen molar-refractivity contribution in [3.05, 3.63) is 53.1 Å². The van der Waals surface area contributed by atoms with Crippen LogP contribution in [0.2, 0.25) is 0 Å². The molecule has 34 heavy (non-hydrogen) atoms. The molecular weight excluding hydrogens is 456 g/mol. The first-order valence-corrected chi connectivity index (χ1v) is 12.7. The van der Waals surface area contributed by atoms with E-state index in [1.54, 1.807) is 0 Å². The Kier molecular flexibility index (Phi) is 8.16. The van der Waals surface area contributed by atoms with Crippen LogP contribution < -0.4 is 20.9 Å². The summed E-state index contributed by atoms with van der Waals surface area (Å²) in [6.45, 7) is 6.18. The summed E-state index contributed by atoms with van der Waals surface area (Å²) in [6.07, 6.45) is 2.54. The Morgan fingerprint density at radius 1 is 1.09 bits per heavy atom. The molecule has 2 amide bonds. The molecule has 0 saturated carbocycles. The smallest absolute Gasteiger partial charge is 0.269 e. The largest absolute Gasteiger partial charge is 0.495 e. The van der Waals surface area contributed by atoms with Gasteiger partial charge in [-0.1, -0.05) is 24.1 Å². The number of methoxy groups -OCH3 is 1. The zero-order valence-electron chi connectivity index (χ0n) is 20.0. The van der Waals surface area contributed by atoms with Gasteiger partial charge in [0, 0.05) is 23.8 Å². The fourth-order valence-electron chi connectivity index (χ4n) is 4.00. The maximum absolute atomic E-state index is 13.3. The van der Waals surface area contributed by atoms with Gasteiger partial charge in [-0.25, -0.2) is 8.42 Å². The van der Waals surface area contributed by atoms with E-state index in [1.165, 1.54) is 29.6 Å². The van der Waals surface area contributed by atoms with E-state index in [9.17, 15) is 18.0 Å². The fourth-order valence-corrected chi connectivity index (χ4v) is 5.89. The van der Waals surface area contributed by atoms with Gasteiger partial charge in [0.15, 0.2) is 0 Å². The minimum atomic E-state index is -3.86. The van der Waals surface area contributed by atoms with E-state index < -0.39 is 21.8 Å². The first-order chi connectivity index (χ1) is 16.1. The molecule has 0 aliphatic carbocycles. The van der Waals surface area contributed by atoms with Crippen molar-refractivity contribution in [1.29, 1.82) is 0 Å². The highest BCUT2D eigenvalue weighted by atomic mass is 32.2. The molecule has 0 aromatic heterocycles. The number of carbonyl (C=O) groups excluding carboxylic acids is 2. The fraction of sp³-hybridized carbons (Fsp3) is 0.417. The first kappa shape index (κ1) is 25.5. The van der Waals surface area contributed by atoms with Crippen LogP contribution in [0.3, 0.4) is 0 Å². The molecule has 1 atom stereocenters. The number of sulfonamides is 1. The van der Waals surface area contributed by atoms with Crippen molar-refractivity contribution in [2.24, 2.45) is 0 Å². The Morgan fingerprint density at radius 3 is 2.53 bits per heavy atom. The number of carbonyl (C=O) groups is 2. The summed E-state index contributed by atoms with van der Waals surface area (Å²) >= 11 is 0. The second-order valence-electron chi connectivity index (χ2n) is 8.50. The van der Waals surface area contributed by atoms with Crippen LogP contribution >= 0.6 is 0 Å². The summed E-state index contributed by atoms with van der Waals surface area (Å²) in [5.41, 5.74) is 7.72. The van der Waals surface area contributed by atoms with Crippen molar-refractivity contribution in [3.63, 3.8) is 0 Å². The van der Waals surface area contributed by atoms with Gasteiger partial charge < -0.3 is 10.1 Å². The third-order valence-corrected chi connectivity index (χ3v) is 7.93. The van der Waals surface area contributed by atoms with Crippen molar-refractivity contribution in [2.75, 3.05) is 25.5 Å². The normalized spacial score (nSPS) is 16.5. The molecule has 9 nitrogen and oxygen atoms in total. The third kappa shape index (κ3) is 5.87. The van der Waals surface area contributed by atoms with E-state index >= 15 is 0 Å². The minimum absolute atomic E-state index is 0.0424. The summed E-state index contributed by atoms with van der Waals surface area (Å²) < 4.78 is 33.4. The van der Waals surface area contributed by atoms with Crippen molar-refractivity contribution >= 4 is 27.5 Å². The highest BCUT2D eigenvalue weighted by Gasteiger charge is 2.33. The predicted molar refractivity (Wildman–Crippen MR) is 130 cm³/mol. The minimum Gasteiger partial charge on any atom is -0.495 e. The Balaban J connectivity index is 1.67. The lowest BCUT2D eigenvalue weighted by Gasteiger charge is -2.32. The zero-order valence-corrected chi connectivity index (χ0v) is 20.8. The molecule has 3 rings (SSSR count). The lowest BCUT2D eigenvalue weighted by atomic mass is 10.1. The summed E-state index contributed by atoms with van der Waals surface area (Å²) in [5, 5.41) is 3.02. The van der Waals surface area contributed by atoms with E-state index in [4.69, 9.17) is 4.74 Å². The molecule has 2 aromatic rings. The van der Waals surface area contributed by atoms with Gasteiger partial charge in [-0.05, 0) is 63.4 Å². The number of nitrogens with one attached hydrogen (secondary N) is 3. The van der Waals surface area contributed by atoms with Crippen LogP contribution in [0.5, 0.6) is 5.75 Å². The number of hydrogen-bond donors (Lipinski definition) is 3. The van der Waals surface area contributed by atoms with Gasteiger partial charge in [-0.2, -0.15) is 4.31 Å². The molecule has 1 heterocycles. The molecule has 1 saturated heterocycles. The van der Waals surface area contributed by atoms with Gasteiger partial charge in [-0.15, -0.1) is 0 Å². The number of piperidine rings is 1. The van der Waals surface area contributed by atoms with Gasteiger partial charge in [0.1, 0.15) is 10.6 Å². The Bertz CT molecular complexity index is 1170. The Morgan fingerprint density at radius 2 is 1.85 bits per heavy atom. The van der Waals surface area contributed by atoms with E-state index in [1.807, 2.05) is 39.0 Å². The highest BCUT2D eigenvalue weighted by Crippen LogP contribution is 2.31. The van der Waals surface area contributed by atoms with Crippen molar-refractivity contribution < 1.29 is 22.7 Å². The zero-order chi connectivity index (χ0) is 24.9. The summed E-state index contributed by atoms with van der Waals surface area (Å²) in [7, 11) is -2.47. The molecule has 3 N–H and O–H groups in total. The van der Waals surface area contributed by atoms with E-state index in [0.717, 1.165) is 36.1 Å². The standard InChI is InChI=1S/C24H32N4O5S/c1-16-8-10-20(17(2)13-16)25-15-23(29)26-27-24(30)19-9-11-21(33-4)22(14-19)34(31,32)28-12-6-5-7-18(28)3/h8-11,13-14,18,25H,5-7,12,15H2,1-4H3,(H,26,29)(H,27,30). The number of benzene rings is 2. The van der Waals surface area contributed by atoms with Crippen LogP contribution in [0.25, 0.3) is 0 Å². The Labute approximate surface area is 200 Å². The molecule has 1 fully saturated rings. The van der Waals surface area contributed by atoms with Crippen LogP contribution in [0.4, 0.5) is 5.69 Å². The molecule has 2 aromatic carbocycles. The Hall–Kier alpha value is -3.11. The van der Waals surface area contributed by atoms with Crippen molar-refractivity contribution in [1.82, 2.24) is 15.2 Å². The van der Waals surface area contributed by atoms with Crippen molar-refractivity contribution in [3.8, 4) is 5.75 Å². The second-order valence-corrected chi connectivity index (χ2v) is 10.4. The van der Waals surface area contributed by atoms with Gasteiger partial charge in [0.2, 0.25) is 10.0 Å². The molecule has 0 spiro atoms. The number of amides is 2. The van der Waals surface area contributed by atoms with Crippen LogP contribution in [-0.4, -0.2) is 50.8 Å². The van der Waals surface area contributed by atoms with Gasteiger partial charge in [0.05, 0.1) is 13.7 Å². The van der Waals surface area contributed by atoms with E-state index in [-0.39, 0.29) is 28.8 Å². The van der Waals surface area contributed by atoms with Crippen molar-refractivity contribution in [2.45, 2.75) is 51.0 Å². The number of ether oxygens (including phenoxy) is 1. The number of anilines is 1. The maximum atomic E-state index is 13.3. The van der Waals surface area contributed by atoms with Gasteiger partial charge in [-0.3, -0.25) is 20.4 Å². The molecule has 10 heteroatoms. The lowest BCUT2D eigenvalue weighted by molar-refractivity contribution is -0.120. The average Bonchev–Trinajstić information content (AvgIpc) is 2.81. The number of aryl methyl sites for hydroxylation is 2. The molecular formula is C24H32N4O5S. The quantitative estimate of drug-likeness (QED) is 0.516. The van der Waals surface area contributed by atoms with Gasteiger partial charge >= 0.3 is 0 Å². The topological polar surface area (TPSA) is 117 Å². The highest BCUT2D eigenvalue weighted by molar-refractivity contribution is 7.89. The summed E-state index contributed by atoms with van der Waals surface area (Å²) in [6, 6.07) is 9.87. The van der Waals surface area contributed by atoms with Gasteiger partial charge in [0.25, 0.3) is 11.8 Å². The molecule has 1 aliphatic rings. The maximum Gasteiger partial charge on any atom is 0.269 e. The monoisotopic (exact) mass is 488 g/mol. The lowest BCUT2D eigenvalue weighted by Crippen LogP contribution is -2.44. The predicted octanol–water partition coefficient (Wildman–Crippen LogP) is 2.75. The second kappa shape index (κ2) is 10.9. The molecule has 0 radical (unpaired) electrons. The first-order valence-electron chi connectivity index (χ1n) is 11.2. The molecule has 0 bridgehead atoms. The van der Waals surface area contributed by atoms with Crippen LogP contribution in [0, 0.1) is 13.8 Å². The van der Waals surface area contributed by atoms with Crippen LogP contribution in [0.15, 0.2) is 41.3 Å². The van der Waals surface area contributed by atoms with E-state index in [2.05, 4.69) is 16.2 Å².